The van der Waals surface area contributed by atoms with Gasteiger partial charge in [-0.05, 0) is 44.0 Å². The molecule has 1 aliphatic rings. The quantitative estimate of drug-likeness (QED) is 0.803. The van der Waals surface area contributed by atoms with Crippen LogP contribution in [-0.2, 0) is 0 Å². The highest BCUT2D eigenvalue weighted by atomic mass is 15.1. The molecule has 0 saturated carbocycles. The maximum atomic E-state index is 5.57. The first-order valence-corrected chi connectivity index (χ1v) is 6.46. The summed E-state index contributed by atoms with van der Waals surface area (Å²) in [5.41, 5.74) is 5.57. The zero-order valence-corrected chi connectivity index (χ0v) is 10.3. The molecule has 0 spiro atoms. The summed E-state index contributed by atoms with van der Waals surface area (Å²) < 4.78 is 0. The summed E-state index contributed by atoms with van der Waals surface area (Å²) in [7, 11) is 0. The van der Waals surface area contributed by atoms with E-state index in [1.54, 1.807) is 0 Å². The molecule has 0 radical (unpaired) electrons. The van der Waals surface area contributed by atoms with Crippen molar-refractivity contribution in [1.29, 1.82) is 0 Å². The van der Waals surface area contributed by atoms with Crippen LogP contribution in [0.2, 0.25) is 0 Å². The number of rotatable bonds is 5. The second kappa shape index (κ2) is 6.57. The van der Waals surface area contributed by atoms with Gasteiger partial charge in [0.15, 0.2) is 0 Å². The normalized spacial score (nSPS) is 18.2. The van der Waals surface area contributed by atoms with Crippen molar-refractivity contribution < 1.29 is 0 Å². The monoisotopic (exact) mass is 234 g/mol. The number of aromatic nitrogens is 1. The van der Waals surface area contributed by atoms with Gasteiger partial charge in [0.1, 0.15) is 5.82 Å². The van der Waals surface area contributed by atoms with E-state index in [9.17, 15) is 0 Å². The molecule has 1 aliphatic heterocycles. The summed E-state index contributed by atoms with van der Waals surface area (Å²) in [5.74, 6) is 1.75. The Morgan fingerprint density at radius 2 is 2.18 bits per heavy atom. The summed E-state index contributed by atoms with van der Waals surface area (Å²) in [4.78, 5) is 6.73. The van der Waals surface area contributed by atoms with E-state index in [0.717, 1.165) is 31.4 Å². The van der Waals surface area contributed by atoms with Crippen molar-refractivity contribution in [2.24, 2.45) is 11.7 Å². The molecule has 3 N–H and O–H groups in total. The first-order chi connectivity index (χ1) is 8.38. The van der Waals surface area contributed by atoms with Crippen LogP contribution in [0.15, 0.2) is 24.4 Å². The SMILES string of the molecule is NCCN1CCC(CNc2ccccn2)CC1. The summed E-state index contributed by atoms with van der Waals surface area (Å²) in [6.07, 6.45) is 4.35. The van der Waals surface area contributed by atoms with E-state index in [-0.39, 0.29) is 0 Å². The zero-order chi connectivity index (χ0) is 11.9. The predicted molar refractivity (Wildman–Crippen MR) is 70.9 cm³/mol. The molecule has 94 valence electrons. The molecule has 0 amide bonds. The van der Waals surface area contributed by atoms with E-state index in [2.05, 4.69) is 15.2 Å². The minimum absolute atomic E-state index is 0.769. The van der Waals surface area contributed by atoms with Gasteiger partial charge in [0.05, 0.1) is 0 Å². The van der Waals surface area contributed by atoms with Gasteiger partial charge in [-0.15, -0.1) is 0 Å². The molecule has 0 aliphatic carbocycles. The second-order valence-corrected chi connectivity index (χ2v) is 4.67. The molecule has 2 rings (SSSR count). The molecule has 0 atom stereocenters. The van der Waals surface area contributed by atoms with Crippen LogP contribution in [0.25, 0.3) is 0 Å². The van der Waals surface area contributed by atoms with Crippen LogP contribution >= 0.6 is 0 Å². The molecule has 1 saturated heterocycles. The van der Waals surface area contributed by atoms with Gasteiger partial charge in [-0.1, -0.05) is 6.07 Å². The molecule has 0 unspecified atom stereocenters. The maximum absolute atomic E-state index is 5.57. The smallest absolute Gasteiger partial charge is 0.125 e. The molecule has 1 aromatic heterocycles. The van der Waals surface area contributed by atoms with Crippen LogP contribution < -0.4 is 11.1 Å². The zero-order valence-electron chi connectivity index (χ0n) is 10.3. The molecule has 0 aromatic carbocycles. The number of anilines is 1. The van der Waals surface area contributed by atoms with Crippen LogP contribution in [0, 0.1) is 5.92 Å². The predicted octanol–water partition coefficient (Wildman–Crippen LogP) is 1.16. The average molecular weight is 234 g/mol. The van der Waals surface area contributed by atoms with Gasteiger partial charge in [0.25, 0.3) is 0 Å². The van der Waals surface area contributed by atoms with Gasteiger partial charge in [-0.2, -0.15) is 0 Å². The van der Waals surface area contributed by atoms with E-state index in [1.165, 1.54) is 25.9 Å². The maximum Gasteiger partial charge on any atom is 0.125 e. The summed E-state index contributed by atoms with van der Waals surface area (Å²) in [5, 5.41) is 3.41. The molecule has 4 nitrogen and oxygen atoms in total. The number of nitrogens with zero attached hydrogens (tertiary/aromatic N) is 2. The third kappa shape index (κ3) is 3.98. The fraction of sp³-hybridized carbons (Fsp3) is 0.615. The summed E-state index contributed by atoms with van der Waals surface area (Å²) >= 11 is 0. The lowest BCUT2D eigenvalue weighted by atomic mass is 9.97. The number of nitrogens with two attached hydrogens (primary N) is 1. The van der Waals surface area contributed by atoms with Crippen LogP contribution in [0.5, 0.6) is 0 Å². The van der Waals surface area contributed by atoms with Crippen LogP contribution in [0.1, 0.15) is 12.8 Å². The van der Waals surface area contributed by atoms with Crippen molar-refractivity contribution in [3.05, 3.63) is 24.4 Å². The lowest BCUT2D eigenvalue weighted by Gasteiger charge is -2.31. The molecule has 17 heavy (non-hydrogen) atoms. The van der Waals surface area contributed by atoms with Gasteiger partial charge < -0.3 is 16.0 Å². The molecule has 4 heteroatoms. The van der Waals surface area contributed by atoms with Crippen molar-refractivity contribution in [3.63, 3.8) is 0 Å². The molecule has 0 bridgehead atoms. The lowest BCUT2D eigenvalue weighted by molar-refractivity contribution is 0.194. The Balaban J connectivity index is 1.68. The summed E-state index contributed by atoms with van der Waals surface area (Å²) in [6, 6.07) is 5.97. The Bertz CT molecular complexity index is 306. The topological polar surface area (TPSA) is 54.2 Å². The van der Waals surface area contributed by atoms with Crippen molar-refractivity contribution in [1.82, 2.24) is 9.88 Å². The molecular formula is C13H22N4. The fourth-order valence-electron chi connectivity index (χ4n) is 2.31. The highest BCUT2D eigenvalue weighted by Gasteiger charge is 2.18. The van der Waals surface area contributed by atoms with E-state index in [4.69, 9.17) is 5.73 Å². The number of hydrogen-bond acceptors (Lipinski definition) is 4. The number of piperidine rings is 1. The second-order valence-electron chi connectivity index (χ2n) is 4.67. The molecule has 2 heterocycles. The third-order valence-electron chi connectivity index (χ3n) is 3.39. The third-order valence-corrected chi connectivity index (χ3v) is 3.39. The molecule has 1 fully saturated rings. The Morgan fingerprint density at radius 1 is 1.35 bits per heavy atom. The fourth-order valence-corrected chi connectivity index (χ4v) is 2.31. The Hall–Kier alpha value is -1.13. The lowest BCUT2D eigenvalue weighted by Crippen LogP contribution is -2.38. The Kier molecular flexibility index (Phi) is 4.76. The van der Waals surface area contributed by atoms with E-state index >= 15 is 0 Å². The highest BCUT2D eigenvalue weighted by molar-refractivity contribution is 5.32. The average Bonchev–Trinajstić information content (AvgIpc) is 2.40. The largest absolute Gasteiger partial charge is 0.370 e. The highest BCUT2D eigenvalue weighted by Crippen LogP contribution is 2.17. The number of pyridine rings is 1. The van der Waals surface area contributed by atoms with Crippen LogP contribution in [-0.4, -0.2) is 42.6 Å². The van der Waals surface area contributed by atoms with Gasteiger partial charge in [0.2, 0.25) is 0 Å². The number of nitrogens with one attached hydrogen (secondary N) is 1. The minimum Gasteiger partial charge on any atom is -0.370 e. The van der Waals surface area contributed by atoms with Crippen molar-refractivity contribution in [2.45, 2.75) is 12.8 Å². The van der Waals surface area contributed by atoms with Gasteiger partial charge >= 0.3 is 0 Å². The van der Waals surface area contributed by atoms with Crippen molar-refractivity contribution in [3.8, 4) is 0 Å². The van der Waals surface area contributed by atoms with Crippen LogP contribution in [0.3, 0.4) is 0 Å². The van der Waals surface area contributed by atoms with E-state index in [0.29, 0.717) is 0 Å². The Labute approximate surface area is 103 Å². The van der Waals surface area contributed by atoms with Crippen LogP contribution in [0.4, 0.5) is 5.82 Å². The van der Waals surface area contributed by atoms with E-state index < -0.39 is 0 Å². The van der Waals surface area contributed by atoms with Crippen molar-refractivity contribution in [2.75, 3.05) is 38.0 Å². The molecular weight excluding hydrogens is 212 g/mol. The standard InChI is InChI=1S/C13H22N4/c14-6-10-17-8-4-12(5-9-17)11-16-13-3-1-2-7-15-13/h1-3,7,12H,4-6,8-11,14H2,(H,15,16). The van der Waals surface area contributed by atoms with Gasteiger partial charge in [0, 0.05) is 25.8 Å². The Morgan fingerprint density at radius 3 is 2.82 bits per heavy atom. The van der Waals surface area contributed by atoms with E-state index in [1.807, 2.05) is 24.4 Å². The molecule has 1 aromatic rings. The first-order valence-electron chi connectivity index (χ1n) is 6.46. The number of likely N-dealkylation sites (tertiary alicyclic amines) is 1. The minimum atomic E-state index is 0.769. The summed E-state index contributed by atoms with van der Waals surface area (Å²) in [6.45, 7) is 5.22. The van der Waals surface area contributed by atoms with Crippen molar-refractivity contribution >= 4 is 5.82 Å². The number of hydrogen-bond donors (Lipinski definition) is 2. The van der Waals surface area contributed by atoms with Gasteiger partial charge in [-0.25, -0.2) is 4.98 Å². The first kappa shape index (κ1) is 12.3. The van der Waals surface area contributed by atoms with Gasteiger partial charge in [-0.3, -0.25) is 0 Å².